The molecule has 3 rings (SSSR count). The molecule has 2 aliphatic rings. The molecule has 2 fully saturated rings. The Hall–Kier alpha value is -1.06. The van der Waals surface area contributed by atoms with Gasteiger partial charge in [-0.3, -0.25) is 9.69 Å². The van der Waals surface area contributed by atoms with Crippen molar-refractivity contribution in [1.82, 2.24) is 9.80 Å². The van der Waals surface area contributed by atoms with Crippen LogP contribution >= 0.6 is 11.6 Å². The number of nitrogens with zero attached hydrogens (tertiary/aromatic N) is 2. The standard InChI is InChI=1S/C19H27ClN2O/c20-18-9-5-7-16(13-18)14-21-10-6-8-17(15-21)19(23)22-11-3-1-2-4-12-22/h5,7,9,13,17H,1-4,6,8,10-12,14-15H2/t17-/m1/s1. The number of hydrogen-bond acceptors (Lipinski definition) is 2. The molecule has 0 aliphatic carbocycles. The van der Waals surface area contributed by atoms with E-state index in [-0.39, 0.29) is 5.92 Å². The fraction of sp³-hybridized carbons (Fsp3) is 0.632. The molecule has 2 heterocycles. The molecule has 1 atom stereocenters. The lowest BCUT2D eigenvalue weighted by molar-refractivity contribution is -0.137. The van der Waals surface area contributed by atoms with Gasteiger partial charge in [-0.25, -0.2) is 0 Å². The van der Waals surface area contributed by atoms with E-state index in [2.05, 4.69) is 15.9 Å². The van der Waals surface area contributed by atoms with Crippen LogP contribution in [0.4, 0.5) is 0 Å². The smallest absolute Gasteiger partial charge is 0.226 e. The molecule has 4 heteroatoms. The predicted octanol–water partition coefficient (Wildman–Crippen LogP) is 3.95. The Kier molecular flexibility index (Phi) is 5.96. The third-order valence-electron chi connectivity index (χ3n) is 5.07. The Morgan fingerprint density at radius 1 is 1.09 bits per heavy atom. The van der Waals surface area contributed by atoms with Gasteiger partial charge in [-0.05, 0) is 49.9 Å². The first-order chi connectivity index (χ1) is 11.2. The number of piperidine rings is 1. The zero-order chi connectivity index (χ0) is 16.1. The van der Waals surface area contributed by atoms with E-state index in [9.17, 15) is 4.79 Å². The van der Waals surface area contributed by atoms with E-state index in [4.69, 9.17) is 11.6 Å². The van der Waals surface area contributed by atoms with Gasteiger partial charge in [-0.15, -0.1) is 0 Å². The summed E-state index contributed by atoms with van der Waals surface area (Å²) < 4.78 is 0. The zero-order valence-corrected chi connectivity index (χ0v) is 14.6. The van der Waals surface area contributed by atoms with E-state index >= 15 is 0 Å². The molecule has 1 amide bonds. The third kappa shape index (κ3) is 4.71. The highest BCUT2D eigenvalue weighted by atomic mass is 35.5. The van der Waals surface area contributed by atoms with Crippen LogP contribution in [0.2, 0.25) is 5.02 Å². The minimum absolute atomic E-state index is 0.182. The van der Waals surface area contributed by atoms with Crippen LogP contribution < -0.4 is 0 Å². The molecule has 1 aromatic carbocycles. The first-order valence-electron chi connectivity index (χ1n) is 8.98. The Bertz CT molecular complexity index is 526. The van der Waals surface area contributed by atoms with E-state index in [0.717, 1.165) is 50.6 Å². The monoisotopic (exact) mass is 334 g/mol. The molecule has 0 radical (unpaired) electrons. The second-order valence-electron chi connectivity index (χ2n) is 6.94. The fourth-order valence-electron chi connectivity index (χ4n) is 3.84. The van der Waals surface area contributed by atoms with Gasteiger partial charge in [0.2, 0.25) is 5.91 Å². The summed E-state index contributed by atoms with van der Waals surface area (Å²) >= 11 is 6.08. The summed E-state index contributed by atoms with van der Waals surface area (Å²) in [5, 5.41) is 0.789. The van der Waals surface area contributed by atoms with Crippen LogP contribution in [0.25, 0.3) is 0 Å². The summed E-state index contributed by atoms with van der Waals surface area (Å²) in [7, 11) is 0. The molecule has 0 aromatic heterocycles. The Balaban J connectivity index is 1.57. The summed E-state index contributed by atoms with van der Waals surface area (Å²) in [5.74, 6) is 0.573. The lowest BCUT2D eigenvalue weighted by Gasteiger charge is -2.34. The molecule has 0 unspecified atom stereocenters. The molecule has 0 saturated carbocycles. The van der Waals surface area contributed by atoms with Gasteiger partial charge < -0.3 is 4.90 Å². The number of hydrogen-bond donors (Lipinski definition) is 0. The molecular weight excluding hydrogens is 308 g/mol. The van der Waals surface area contributed by atoms with Crippen LogP contribution in [-0.4, -0.2) is 41.9 Å². The molecule has 2 aliphatic heterocycles. The summed E-state index contributed by atoms with van der Waals surface area (Å²) in [6.45, 7) is 4.79. The molecule has 2 saturated heterocycles. The quantitative estimate of drug-likeness (QED) is 0.835. The number of carbonyl (C=O) groups is 1. The van der Waals surface area contributed by atoms with Crippen LogP contribution in [0.1, 0.15) is 44.1 Å². The molecule has 23 heavy (non-hydrogen) atoms. The van der Waals surface area contributed by atoms with Gasteiger partial charge in [0.1, 0.15) is 0 Å². The molecule has 3 nitrogen and oxygen atoms in total. The van der Waals surface area contributed by atoms with Crippen molar-refractivity contribution >= 4 is 17.5 Å². The highest BCUT2D eigenvalue weighted by molar-refractivity contribution is 6.30. The van der Waals surface area contributed by atoms with Gasteiger partial charge in [0.15, 0.2) is 0 Å². The maximum atomic E-state index is 12.8. The summed E-state index contributed by atoms with van der Waals surface area (Å²) in [4.78, 5) is 17.4. The number of likely N-dealkylation sites (tertiary alicyclic amines) is 2. The van der Waals surface area contributed by atoms with Crippen molar-refractivity contribution in [1.29, 1.82) is 0 Å². The van der Waals surface area contributed by atoms with Crippen molar-refractivity contribution in [2.24, 2.45) is 5.92 Å². The Morgan fingerprint density at radius 2 is 1.87 bits per heavy atom. The van der Waals surface area contributed by atoms with Gasteiger partial charge >= 0.3 is 0 Å². The Labute approximate surface area is 144 Å². The first-order valence-corrected chi connectivity index (χ1v) is 9.36. The van der Waals surface area contributed by atoms with Gasteiger partial charge in [-0.2, -0.15) is 0 Å². The van der Waals surface area contributed by atoms with Crippen molar-refractivity contribution < 1.29 is 4.79 Å². The molecule has 0 N–H and O–H groups in total. The maximum absolute atomic E-state index is 12.8. The largest absolute Gasteiger partial charge is 0.342 e. The van der Waals surface area contributed by atoms with Gasteiger partial charge in [0.25, 0.3) is 0 Å². The Morgan fingerprint density at radius 3 is 2.61 bits per heavy atom. The van der Waals surface area contributed by atoms with Gasteiger partial charge in [0.05, 0.1) is 5.92 Å². The van der Waals surface area contributed by atoms with Crippen LogP contribution in [0.3, 0.4) is 0 Å². The average Bonchev–Trinajstić information content (AvgIpc) is 2.84. The van der Waals surface area contributed by atoms with Crippen molar-refractivity contribution in [2.45, 2.75) is 45.1 Å². The minimum atomic E-state index is 0.182. The highest BCUT2D eigenvalue weighted by Gasteiger charge is 2.29. The lowest BCUT2D eigenvalue weighted by Crippen LogP contribution is -2.44. The van der Waals surface area contributed by atoms with Crippen molar-refractivity contribution in [3.8, 4) is 0 Å². The highest BCUT2D eigenvalue weighted by Crippen LogP contribution is 2.23. The van der Waals surface area contributed by atoms with Crippen molar-refractivity contribution in [3.05, 3.63) is 34.9 Å². The van der Waals surface area contributed by atoms with Crippen molar-refractivity contribution in [2.75, 3.05) is 26.2 Å². The summed E-state index contributed by atoms with van der Waals surface area (Å²) in [6.07, 6.45) is 7.05. The number of halogens is 1. The number of rotatable bonds is 3. The van der Waals surface area contributed by atoms with Crippen LogP contribution in [0, 0.1) is 5.92 Å². The molecule has 1 aromatic rings. The zero-order valence-electron chi connectivity index (χ0n) is 13.8. The lowest BCUT2D eigenvalue weighted by atomic mass is 9.96. The molecule has 0 spiro atoms. The molecular formula is C19H27ClN2O. The number of benzene rings is 1. The van der Waals surface area contributed by atoms with E-state index in [1.807, 2.05) is 18.2 Å². The van der Waals surface area contributed by atoms with E-state index in [0.29, 0.717) is 5.91 Å². The SMILES string of the molecule is O=C([C@@H]1CCCN(Cc2cccc(Cl)c2)C1)N1CCCCCC1. The summed E-state index contributed by atoms with van der Waals surface area (Å²) in [5.41, 5.74) is 1.24. The minimum Gasteiger partial charge on any atom is -0.342 e. The maximum Gasteiger partial charge on any atom is 0.226 e. The second kappa shape index (κ2) is 8.16. The van der Waals surface area contributed by atoms with Crippen LogP contribution in [0.15, 0.2) is 24.3 Å². The average molecular weight is 335 g/mol. The van der Waals surface area contributed by atoms with Crippen LogP contribution in [0.5, 0.6) is 0 Å². The number of amides is 1. The van der Waals surface area contributed by atoms with E-state index < -0.39 is 0 Å². The predicted molar refractivity (Wildman–Crippen MR) is 94.5 cm³/mol. The molecule has 0 bridgehead atoms. The fourth-order valence-corrected chi connectivity index (χ4v) is 4.06. The first kappa shape index (κ1) is 16.8. The third-order valence-corrected chi connectivity index (χ3v) is 5.30. The van der Waals surface area contributed by atoms with Gasteiger partial charge in [-0.1, -0.05) is 36.6 Å². The number of carbonyl (C=O) groups excluding carboxylic acids is 1. The summed E-state index contributed by atoms with van der Waals surface area (Å²) in [6, 6.07) is 8.06. The van der Waals surface area contributed by atoms with Crippen molar-refractivity contribution in [3.63, 3.8) is 0 Å². The van der Waals surface area contributed by atoms with Crippen LogP contribution in [-0.2, 0) is 11.3 Å². The topological polar surface area (TPSA) is 23.6 Å². The van der Waals surface area contributed by atoms with E-state index in [1.54, 1.807) is 0 Å². The normalized spacial score (nSPS) is 23.5. The van der Waals surface area contributed by atoms with E-state index in [1.165, 1.54) is 31.2 Å². The second-order valence-corrected chi connectivity index (χ2v) is 7.38. The molecule has 126 valence electrons. The van der Waals surface area contributed by atoms with Gasteiger partial charge in [0, 0.05) is 31.2 Å².